The fourth-order valence-corrected chi connectivity index (χ4v) is 3.17. The quantitative estimate of drug-likeness (QED) is 0.785. The lowest BCUT2D eigenvalue weighted by Crippen LogP contribution is -2.58. The predicted molar refractivity (Wildman–Crippen MR) is 65.7 cm³/mol. The molecule has 3 atom stereocenters. The average Bonchev–Trinajstić information content (AvgIpc) is 2.90. The Morgan fingerprint density at radius 3 is 3.29 bits per heavy atom. The summed E-state index contributed by atoms with van der Waals surface area (Å²) in [6.07, 6.45) is 7.95. The predicted octanol–water partition coefficient (Wildman–Crippen LogP) is 1.43. The zero-order valence-corrected chi connectivity index (χ0v) is 10.4. The Hall–Kier alpha value is -0.870. The Labute approximate surface area is 102 Å². The van der Waals surface area contributed by atoms with Crippen molar-refractivity contribution < 1.29 is 4.74 Å². The molecular weight excluding hydrogens is 214 g/mol. The molecular formula is C13H21N3O. The lowest BCUT2D eigenvalue weighted by molar-refractivity contribution is -0.0538. The van der Waals surface area contributed by atoms with E-state index in [0.717, 1.165) is 26.1 Å². The SMILES string of the molecule is C[C@@]12CCO[C@@H]1C(NCCCn1cccn1)C2. The molecule has 2 fully saturated rings. The molecule has 0 aromatic carbocycles. The van der Waals surface area contributed by atoms with E-state index in [1.54, 1.807) is 0 Å². The topological polar surface area (TPSA) is 39.1 Å². The first-order valence-electron chi connectivity index (χ1n) is 6.60. The van der Waals surface area contributed by atoms with Crippen molar-refractivity contribution in [2.45, 2.75) is 44.9 Å². The zero-order chi connectivity index (χ0) is 11.7. The van der Waals surface area contributed by atoms with Crippen molar-refractivity contribution in [3.05, 3.63) is 18.5 Å². The molecule has 4 heteroatoms. The molecule has 1 saturated heterocycles. The first kappa shape index (κ1) is 11.2. The summed E-state index contributed by atoms with van der Waals surface area (Å²) in [5.41, 5.74) is 0.472. The largest absolute Gasteiger partial charge is 0.376 e. The number of aromatic nitrogens is 2. The highest BCUT2D eigenvalue weighted by atomic mass is 16.5. The molecule has 1 aliphatic heterocycles. The lowest BCUT2D eigenvalue weighted by atomic mass is 9.64. The Bertz CT molecular complexity index is 365. The second kappa shape index (κ2) is 4.42. The third-order valence-electron chi connectivity index (χ3n) is 4.24. The van der Waals surface area contributed by atoms with Gasteiger partial charge in [0, 0.05) is 31.6 Å². The smallest absolute Gasteiger partial charge is 0.0783 e. The number of ether oxygens (including phenoxy) is 1. The Kier molecular flexibility index (Phi) is 2.92. The van der Waals surface area contributed by atoms with Crippen molar-refractivity contribution in [2.75, 3.05) is 13.2 Å². The highest BCUT2D eigenvalue weighted by Crippen LogP contribution is 2.49. The molecule has 17 heavy (non-hydrogen) atoms. The van der Waals surface area contributed by atoms with Gasteiger partial charge in [-0.1, -0.05) is 6.92 Å². The van der Waals surface area contributed by atoms with Crippen LogP contribution in [-0.4, -0.2) is 35.1 Å². The second-order valence-corrected chi connectivity index (χ2v) is 5.58. The first-order valence-corrected chi connectivity index (χ1v) is 6.60. The highest BCUT2D eigenvalue weighted by molar-refractivity contribution is 5.07. The molecule has 94 valence electrons. The van der Waals surface area contributed by atoms with Crippen LogP contribution in [0.3, 0.4) is 0 Å². The Morgan fingerprint density at radius 1 is 1.59 bits per heavy atom. The average molecular weight is 235 g/mol. The fraction of sp³-hybridized carbons (Fsp3) is 0.769. The van der Waals surface area contributed by atoms with Gasteiger partial charge >= 0.3 is 0 Å². The van der Waals surface area contributed by atoms with Gasteiger partial charge in [0.2, 0.25) is 0 Å². The second-order valence-electron chi connectivity index (χ2n) is 5.58. The van der Waals surface area contributed by atoms with Gasteiger partial charge < -0.3 is 10.1 Å². The van der Waals surface area contributed by atoms with E-state index in [-0.39, 0.29) is 0 Å². The van der Waals surface area contributed by atoms with E-state index in [0.29, 0.717) is 17.6 Å². The minimum atomic E-state index is 0.465. The maximum atomic E-state index is 5.79. The maximum absolute atomic E-state index is 5.79. The monoisotopic (exact) mass is 235 g/mol. The van der Waals surface area contributed by atoms with Gasteiger partial charge in [0.15, 0.2) is 0 Å². The Balaban J connectivity index is 1.36. The molecule has 1 aromatic heterocycles. The summed E-state index contributed by atoms with van der Waals surface area (Å²) >= 11 is 0. The molecule has 0 spiro atoms. The minimum absolute atomic E-state index is 0.465. The summed E-state index contributed by atoms with van der Waals surface area (Å²) in [5, 5.41) is 7.81. The molecule has 0 radical (unpaired) electrons. The van der Waals surface area contributed by atoms with Crippen LogP contribution in [0.2, 0.25) is 0 Å². The van der Waals surface area contributed by atoms with Crippen LogP contribution in [0.15, 0.2) is 18.5 Å². The summed E-state index contributed by atoms with van der Waals surface area (Å²) < 4.78 is 7.78. The summed E-state index contributed by atoms with van der Waals surface area (Å²) in [5.74, 6) is 0. The third kappa shape index (κ3) is 2.11. The molecule has 1 saturated carbocycles. The van der Waals surface area contributed by atoms with Gasteiger partial charge in [0.05, 0.1) is 6.10 Å². The molecule has 0 bridgehead atoms. The van der Waals surface area contributed by atoms with Gasteiger partial charge in [-0.2, -0.15) is 5.10 Å². The van der Waals surface area contributed by atoms with E-state index in [2.05, 4.69) is 17.3 Å². The van der Waals surface area contributed by atoms with Crippen LogP contribution in [0, 0.1) is 5.41 Å². The summed E-state index contributed by atoms with van der Waals surface area (Å²) in [6.45, 7) is 5.36. The van der Waals surface area contributed by atoms with Crippen molar-refractivity contribution >= 4 is 0 Å². The van der Waals surface area contributed by atoms with E-state index in [9.17, 15) is 0 Å². The fourth-order valence-electron chi connectivity index (χ4n) is 3.17. The van der Waals surface area contributed by atoms with Gasteiger partial charge in [-0.3, -0.25) is 4.68 Å². The van der Waals surface area contributed by atoms with E-state index < -0.39 is 0 Å². The standard InChI is InChI=1S/C13H21N3O/c1-13-4-9-17-12(13)11(10-13)14-5-2-7-16-8-3-6-15-16/h3,6,8,11-12,14H,2,4-5,7,9-10H2,1H3/t11?,12-,13+/m1/s1. The minimum Gasteiger partial charge on any atom is -0.376 e. The van der Waals surface area contributed by atoms with Gasteiger partial charge in [-0.15, -0.1) is 0 Å². The highest BCUT2D eigenvalue weighted by Gasteiger charge is 2.54. The van der Waals surface area contributed by atoms with Gasteiger partial charge in [0.25, 0.3) is 0 Å². The molecule has 1 aromatic rings. The van der Waals surface area contributed by atoms with Crippen LogP contribution in [0.25, 0.3) is 0 Å². The third-order valence-corrected chi connectivity index (χ3v) is 4.24. The van der Waals surface area contributed by atoms with E-state index in [1.165, 1.54) is 12.8 Å². The zero-order valence-electron chi connectivity index (χ0n) is 10.4. The molecule has 2 heterocycles. The van der Waals surface area contributed by atoms with Gasteiger partial charge in [-0.25, -0.2) is 0 Å². The van der Waals surface area contributed by atoms with Crippen molar-refractivity contribution in [3.63, 3.8) is 0 Å². The van der Waals surface area contributed by atoms with Crippen molar-refractivity contribution in [1.29, 1.82) is 0 Å². The van der Waals surface area contributed by atoms with Crippen molar-refractivity contribution in [3.8, 4) is 0 Å². The maximum Gasteiger partial charge on any atom is 0.0783 e. The van der Waals surface area contributed by atoms with Crippen molar-refractivity contribution in [1.82, 2.24) is 15.1 Å². The molecule has 3 rings (SSSR count). The number of aryl methyl sites for hydroxylation is 1. The summed E-state index contributed by atoms with van der Waals surface area (Å²) in [6, 6.07) is 2.55. The van der Waals surface area contributed by atoms with Crippen LogP contribution in [0.1, 0.15) is 26.2 Å². The van der Waals surface area contributed by atoms with Crippen LogP contribution in [-0.2, 0) is 11.3 Å². The molecule has 4 nitrogen and oxygen atoms in total. The molecule has 2 aliphatic rings. The van der Waals surface area contributed by atoms with Crippen LogP contribution >= 0.6 is 0 Å². The van der Waals surface area contributed by atoms with Crippen molar-refractivity contribution in [2.24, 2.45) is 5.41 Å². The van der Waals surface area contributed by atoms with Gasteiger partial charge in [0.1, 0.15) is 0 Å². The number of nitrogens with one attached hydrogen (secondary N) is 1. The first-order chi connectivity index (χ1) is 8.28. The van der Waals surface area contributed by atoms with E-state index >= 15 is 0 Å². The number of rotatable bonds is 5. The van der Waals surface area contributed by atoms with Crippen LogP contribution < -0.4 is 5.32 Å². The lowest BCUT2D eigenvalue weighted by Gasteiger charge is -2.48. The molecule has 1 unspecified atom stereocenters. The number of hydrogen-bond acceptors (Lipinski definition) is 3. The molecule has 1 aliphatic carbocycles. The summed E-state index contributed by atoms with van der Waals surface area (Å²) in [4.78, 5) is 0. The van der Waals surface area contributed by atoms with Crippen LogP contribution in [0.4, 0.5) is 0 Å². The number of hydrogen-bond donors (Lipinski definition) is 1. The van der Waals surface area contributed by atoms with E-state index in [4.69, 9.17) is 4.74 Å². The Morgan fingerprint density at radius 2 is 2.53 bits per heavy atom. The normalized spacial score (nSPS) is 35.6. The van der Waals surface area contributed by atoms with Crippen LogP contribution in [0.5, 0.6) is 0 Å². The summed E-state index contributed by atoms with van der Waals surface area (Å²) in [7, 11) is 0. The number of nitrogens with zero attached hydrogens (tertiary/aromatic N) is 2. The molecule has 0 amide bonds. The van der Waals surface area contributed by atoms with Gasteiger partial charge in [-0.05, 0) is 37.3 Å². The van der Waals surface area contributed by atoms with E-state index in [1.807, 2.05) is 23.1 Å². The number of fused-ring (bicyclic) bond motifs is 1. The molecule has 1 N–H and O–H groups in total.